The Balaban J connectivity index is 1.75. The number of nitrogens with zero attached hydrogens (tertiary/aromatic N) is 2. The lowest BCUT2D eigenvalue weighted by Crippen LogP contribution is -2.05. The van der Waals surface area contributed by atoms with Crippen molar-refractivity contribution in [3.63, 3.8) is 0 Å². The zero-order valence-corrected chi connectivity index (χ0v) is 14.6. The summed E-state index contributed by atoms with van der Waals surface area (Å²) in [6, 6.07) is 6.27. The fourth-order valence-corrected chi connectivity index (χ4v) is 3.17. The van der Waals surface area contributed by atoms with Crippen molar-refractivity contribution in [1.29, 1.82) is 0 Å². The smallest absolute Gasteiger partial charge is 0.416 e. The molecule has 3 aromatic rings. The SMILES string of the molecule is Cc1cc(COC(=O)c2sc(-c3ccc(C(F)(F)F)cc3)nc2C)no1. The zero-order chi connectivity index (χ0) is 18.9. The van der Waals surface area contributed by atoms with Gasteiger partial charge >= 0.3 is 12.1 Å². The van der Waals surface area contributed by atoms with E-state index in [0.717, 1.165) is 23.5 Å². The molecule has 0 unspecified atom stereocenters. The van der Waals surface area contributed by atoms with Crippen molar-refractivity contribution in [2.24, 2.45) is 0 Å². The third kappa shape index (κ3) is 3.93. The van der Waals surface area contributed by atoms with Crippen LogP contribution < -0.4 is 0 Å². The predicted octanol–water partition coefficient (Wildman–Crippen LogP) is 4.79. The maximum absolute atomic E-state index is 12.6. The first-order chi connectivity index (χ1) is 12.2. The van der Waals surface area contributed by atoms with E-state index < -0.39 is 17.7 Å². The Kier molecular flexibility index (Phi) is 4.82. The summed E-state index contributed by atoms with van der Waals surface area (Å²) in [6.07, 6.45) is -4.40. The Morgan fingerprint density at radius 1 is 1.23 bits per heavy atom. The van der Waals surface area contributed by atoms with Crippen LogP contribution in [0, 0.1) is 13.8 Å². The van der Waals surface area contributed by atoms with Crippen LogP contribution in [0.1, 0.15) is 32.4 Å². The number of alkyl halides is 3. The van der Waals surface area contributed by atoms with Gasteiger partial charge in [0, 0.05) is 11.6 Å². The normalized spacial score (nSPS) is 11.6. The number of rotatable bonds is 4. The second kappa shape index (κ2) is 6.91. The first-order valence-electron chi connectivity index (χ1n) is 7.48. The van der Waals surface area contributed by atoms with Crippen LogP contribution >= 0.6 is 11.3 Å². The Bertz CT molecular complexity index is 930. The lowest BCUT2D eigenvalue weighted by Gasteiger charge is -2.06. The number of hydrogen-bond donors (Lipinski definition) is 0. The van der Waals surface area contributed by atoms with Crippen molar-refractivity contribution < 1.29 is 27.2 Å². The summed E-state index contributed by atoms with van der Waals surface area (Å²) in [5, 5.41) is 4.17. The molecular formula is C17H13F3N2O3S. The largest absolute Gasteiger partial charge is 0.455 e. The van der Waals surface area contributed by atoms with Gasteiger partial charge < -0.3 is 9.26 Å². The second-order valence-electron chi connectivity index (χ2n) is 5.51. The molecule has 26 heavy (non-hydrogen) atoms. The molecule has 136 valence electrons. The molecule has 1 aromatic carbocycles. The number of hydrogen-bond acceptors (Lipinski definition) is 6. The molecule has 0 aliphatic rings. The first kappa shape index (κ1) is 18.1. The molecule has 0 spiro atoms. The molecule has 0 amide bonds. The Morgan fingerprint density at radius 3 is 2.50 bits per heavy atom. The highest BCUT2D eigenvalue weighted by atomic mass is 32.1. The van der Waals surface area contributed by atoms with Crippen LogP contribution in [-0.2, 0) is 17.5 Å². The van der Waals surface area contributed by atoms with Crippen LogP contribution in [0.15, 0.2) is 34.9 Å². The Hall–Kier alpha value is -2.68. The highest BCUT2D eigenvalue weighted by Gasteiger charge is 2.30. The van der Waals surface area contributed by atoms with Crippen molar-refractivity contribution >= 4 is 17.3 Å². The molecule has 2 heterocycles. The van der Waals surface area contributed by atoms with Gasteiger partial charge in [-0.1, -0.05) is 17.3 Å². The number of aromatic nitrogens is 2. The van der Waals surface area contributed by atoms with Crippen molar-refractivity contribution in [2.45, 2.75) is 26.6 Å². The third-order valence-electron chi connectivity index (χ3n) is 3.47. The molecule has 9 heteroatoms. The highest BCUT2D eigenvalue weighted by molar-refractivity contribution is 7.17. The van der Waals surface area contributed by atoms with Gasteiger partial charge in [0.15, 0.2) is 0 Å². The second-order valence-corrected chi connectivity index (χ2v) is 6.51. The van der Waals surface area contributed by atoms with Gasteiger partial charge in [0.1, 0.15) is 27.9 Å². The predicted molar refractivity (Wildman–Crippen MR) is 87.6 cm³/mol. The van der Waals surface area contributed by atoms with Gasteiger partial charge in [-0.15, -0.1) is 11.3 Å². The molecule has 0 radical (unpaired) electrons. The van der Waals surface area contributed by atoms with E-state index in [-0.39, 0.29) is 6.61 Å². The molecular weight excluding hydrogens is 369 g/mol. The number of thiazole rings is 1. The summed E-state index contributed by atoms with van der Waals surface area (Å²) in [4.78, 5) is 16.8. The summed E-state index contributed by atoms with van der Waals surface area (Å²) in [7, 11) is 0. The van der Waals surface area contributed by atoms with Crippen LogP contribution in [0.2, 0.25) is 0 Å². The molecule has 0 bridgehead atoms. The van der Waals surface area contributed by atoms with E-state index in [1.807, 2.05) is 0 Å². The number of aryl methyl sites for hydroxylation is 2. The summed E-state index contributed by atoms with van der Waals surface area (Å²) >= 11 is 1.06. The molecule has 0 saturated heterocycles. The highest BCUT2D eigenvalue weighted by Crippen LogP contribution is 2.33. The average Bonchev–Trinajstić information content (AvgIpc) is 3.18. The van der Waals surface area contributed by atoms with Gasteiger partial charge in [-0.3, -0.25) is 0 Å². The summed E-state index contributed by atoms with van der Waals surface area (Å²) in [6.45, 7) is 3.33. The lowest BCUT2D eigenvalue weighted by molar-refractivity contribution is -0.137. The van der Waals surface area contributed by atoms with Gasteiger partial charge in [0.2, 0.25) is 0 Å². The van der Waals surface area contributed by atoms with Crippen molar-refractivity contribution in [3.8, 4) is 10.6 Å². The maximum Gasteiger partial charge on any atom is 0.416 e. The zero-order valence-electron chi connectivity index (χ0n) is 13.8. The molecule has 0 aliphatic carbocycles. The number of benzene rings is 1. The van der Waals surface area contributed by atoms with Crippen molar-refractivity contribution in [2.75, 3.05) is 0 Å². The van der Waals surface area contributed by atoms with Gasteiger partial charge in [0.05, 0.1) is 11.3 Å². The number of carbonyl (C=O) groups excluding carboxylic acids is 1. The summed E-state index contributed by atoms with van der Waals surface area (Å²) < 4.78 is 48.0. The summed E-state index contributed by atoms with van der Waals surface area (Å²) in [5.74, 6) is 0.0356. The van der Waals surface area contributed by atoms with Crippen LogP contribution in [0.3, 0.4) is 0 Å². The lowest BCUT2D eigenvalue weighted by atomic mass is 10.1. The fourth-order valence-electron chi connectivity index (χ4n) is 2.20. The van der Waals surface area contributed by atoms with E-state index in [0.29, 0.717) is 32.6 Å². The van der Waals surface area contributed by atoms with Crippen LogP contribution in [0.5, 0.6) is 0 Å². The molecule has 2 aromatic heterocycles. The van der Waals surface area contributed by atoms with E-state index in [1.165, 1.54) is 12.1 Å². The topological polar surface area (TPSA) is 65.2 Å². The standard InChI is InChI=1S/C17H13F3N2O3S/c1-9-7-13(22-25-9)8-24-16(23)14-10(2)21-15(26-14)11-3-5-12(6-4-11)17(18,19)20/h3-7H,8H2,1-2H3. The van der Waals surface area contributed by atoms with Crippen LogP contribution in [0.4, 0.5) is 13.2 Å². The van der Waals surface area contributed by atoms with E-state index in [4.69, 9.17) is 9.26 Å². The molecule has 5 nitrogen and oxygen atoms in total. The van der Waals surface area contributed by atoms with Crippen LogP contribution in [0.25, 0.3) is 10.6 Å². The van der Waals surface area contributed by atoms with E-state index in [9.17, 15) is 18.0 Å². The van der Waals surface area contributed by atoms with Crippen molar-refractivity contribution in [3.05, 3.63) is 57.9 Å². The molecule has 0 fully saturated rings. The fraction of sp³-hybridized carbons (Fsp3) is 0.235. The molecule has 0 aliphatic heterocycles. The molecule has 3 rings (SSSR count). The number of esters is 1. The van der Waals surface area contributed by atoms with E-state index in [1.54, 1.807) is 19.9 Å². The first-order valence-corrected chi connectivity index (χ1v) is 8.30. The third-order valence-corrected chi connectivity index (χ3v) is 4.66. The quantitative estimate of drug-likeness (QED) is 0.607. The number of carbonyl (C=O) groups is 1. The van der Waals surface area contributed by atoms with Gasteiger partial charge in [-0.25, -0.2) is 9.78 Å². The maximum atomic E-state index is 12.6. The summed E-state index contributed by atoms with van der Waals surface area (Å²) in [5.41, 5.74) is 0.696. The molecule has 0 atom stereocenters. The molecule has 0 saturated carbocycles. The minimum absolute atomic E-state index is 0.0386. The van der Waals surface area contributed by atoms with E-state index >= 15 is 0 Å². The minimum atomic E-state index is -4.40. The minimum Gasteiger partial charge on any atom is -0.455 e. The number of ether oxygens (including phenoxy) is 1. The van der Waals surface area contributed by atoms with Gasteiger partial charge in [-0.2, -0.15) is 13.2 Å². The van der Waals surface area contributed by atoms with Gasteiger partial charge in [-0.05, 0) is 26.0 Å². The monoisotopic (exact) mass is 382 g/mol. The number of halogens is 3. The Morgan fingerprint density at radius 2 is 1.92 bits per heavy atom. The Labute approximate surface area is 150 Å². The van der Waals surface area contributed by atoms with Crippen LogP contribution in [-0.4, -0.2) is 16.1 Å². The average molecular weight is 382 g/mol. The van der Waals surface area contributed by atoms with E-state index in [2.05, 4.69) is 10.1 Å². The van der Waals surface area contributed by atoms with Crippen molar-refractivity contribution in [1.82, 2.24) is 10.1 Å². The molecule has 0 N–H and O–H groups in total. The van der Waals surface area contributed by atoms with Gasteiger partial charge in [0.25, 0.3) is 0 Å².